The molecule has 1 aliphatic rings. The first-order valence-corrected chi connectivity index (χ1v) is 10.7. The summed E-state index contributed by atoms with van der Waals surface area (Å²) in [4.78, 5) is 12.4. The van der Waals surface area contributed by atoms with Crippen LogP contribution < -0.4 is 10.1 Å². The number of halogens is 2. The lowest BCUT2D eigenvalue weighted by molar-refractivity contribution is -0.117. The summed E-state index contributed by atoms with van der Waals surface area (Å²) in [7, 11) is 0. The summed E-state index contributed by atoms with van der Waals surface area (Å²) < 4.78 is 12.6. The van der Waals surface area contributed by atoms with Crippen molar-refractivity contribution in [3.63, 3.8) is 0 Å². The van der Waals surface area contributed by atoms with Crippen molar-refractivity contribution in [3.8, 4) is 5.75 Å². The fraction of sp³-hybridized carbons (Fsp3) is 0.286. The Balaban J connectivity index is 1.37. The molecule has 0 saturated carbocycles. The van der Waals surface area contributed by atoms with Crippen LogP contribution >= 0.6 is 35.4 Å². The molecular weight excluding hydrogens is 445 g/mol. The molecule has 30 heavy (non-hydrogen) atoms. The number of benzene rings is 2. The lowest BCUT2D eigenvalue weighted by atomic mass is 9.92. The summed E-state index contributed by atoms with van der Waals surface area (Å²) >= 11 is 17.1. The van der Waals surface area contributed by atoms with E-state index in [1.54, 1.807) is 18.2 Å². The van der Waals surface area contributed by atoms with E-state index in [0.29, 0.717) is 21.6 Å². The number of ether oxygens (including phenoxy) is 1. The Kier molecular flexibility index (Phi) is 6.41. The summed E-state index contributed by atoms with van der Waals surface area (Å²) in [5.41, 5.74) is 3.22. The number of nitrogens with zero attached hydrogens (tertiary/aromatic N) is 2. The number of fused-ring (bicyclic) bond motifs is 1. The van der Waals surface area contributed by atoms with Gasteiger partial charge in [0.1, 0.15) is 12.3 Å². The zero-order valence-corrected chi connectivity index (χ0v) is 18.3. The number of nitrogens with one attached hydrogen (secondary N) is 1. The standard InChI is InChI=1S/C21H19Cl2N3O3S/c22-15-8-16(23)10-17(9-15)24-19(27)11-26-21(30)29-20(25-26)12-28-18-6-5-13-3-1-2-4-14(13)7-18/h5-10H,1-4,11-12H2,(H,24,27). The van der Waals surface area contributed by atoms with Crippen LogP contribution in [0, 0.1) is 4.84 Å². The molecule has 1 heterocycles. The number of carbonyl (C=O) groups excluding carboxylic acids is 1. The Bertz CT molecular complexity index is 1120. The van der Waals surface area contributed by atoms with E-state index in [-0.39, 0.29) is 23.9 Å². The predicted molar refractivity (Wildman–Crippen MR) is 118 cm³/mol. The van der Waals surface area contributed by atoms with Gasteiger partial charge in [-0.05, 0) is 79.4 Å². The molecule has 4 rings (SSSR count). The second kappa shape index (κ2) is 9.20. The average Bonchev–Trinajstić information content (AvgIpc) is 3.04. The number of rotatable bonds is 6. The van der Waals surface area contributed by atoms with Gasteiger partial charge in [-0.15, -0.1) is 5.10 Å². The molecule has 3 aromatic rings. The maximum Gasteiger partial charge on any atom is 0.287 e. The van der Waals surface area contributed by atoms with Gasteiger partial charge in [0.05, 0.1) is 0 Å². The highest BCUT2D eigenvalue weighted by molar-refractivity contribution is 7.71. The fourth-order valence-electron chi connectivity index (χ4n) is 3.41. The van der Waals surface area contributed by atoms with Crippen molar-refractivity contribution in [1.82, 2.24) is 9.78 Å². The summed E-state index contributed by atoms with van der Waals surface area (Å²) in [6.45, 7) is 0.0201. The first-order valence-electron chi connectivity index (χ1n) is 9.53. The number of hydrogen-bond donors (Lipinski definition) is 1. The Morgan fingerprint density at radius 2 is 1.87 bits per heavy atom. The minimum absolute atomic E-state index is 0.0957. The Morgan fingerprint density at radius 1 is 1.13 bits per heavy atom. The predicted octanol–water partition coefficient (Wildman–Crippen LogP) is 5.61. The highest BCUT2D eigenvalue weighted by Crippen LogP contribution is 2.26. The molecule has 0 saturated heterocycles. The number of anilines is 1. The highest BCUT2D eigenvalue weighted by atomic mass is 35.5. The third kappa shape index (κ3) is 5.22. The minimum Gasteiger partial charge on any atom is -0.484 e. The third-order valence-corrected chi connectivity index (χ3v) is 5.50. The highest BCUT2D eigenvalue weighted by Gasteiger charge is 2.13. The molecule has 6 nitrogen and oxygen atoms in total. The number of aromatic nitrogens is 2. The molecule has 0 atom stereocenters. The summed E-state index contributed by atoms with van der Waals surface area (Å²) in [5, 5.41) is 7.80. The molecule has 0 unspecified atom stereocenters. The van der Waals surface area contributed by atoms with Gasteiger partial charge >= 0.3 is 0 Å². The van der Waals surface area contributed by atoms with Crippen molar-refractivity contribution in [1.29, 1.82) is 0 Å². The molecule has 2 aromatic carbocycles. The van der Waals surface area contributed by atoms with E-state index in [1.807, 2.05) is 6.07 Å². The van der Waals surface area contributed by atoms with Gasteiger partial charge in [0.25, 0.3) is 10.7 Å². The first kappa shape index (κ1) is 20.9. The van der Waals surface area contributed by atoms with E-state index in [2.05, 4.69) is 22.5 Å². The lowest BCUT2D eigenvalue weighted by Crippen LogP contribution is -2.19. The molecule has 0 fully saturated rings. The van der Waals surface area contributed by atoms with Crippen LogP contribution in [0.2, 0.25) is 10.0 Å². The van der Waals surface area contributed by atoms with Crippen LogP contribution in [0.25, 0.3) is 0 Å². The minimum atomic E-state index is -0.333. The van der Waals surface area contributed by atoms with Crippen molar-refractivity contribution < 1.29 is 13.9 Å². The van der Waals surface area contributed by atoms with Crippen molar-refractivity contribution >= 4 is 47.0 Å². The van der Waals surface area contributed by atoms with Gasteiger partial charge in [0.2, 0.25) is 5.91 Å². The van der Waals surface area contributed by atoms with Gasteiger partial charge < -0.3 is 14.5 Å². The van der Waals surface area contributed by atoms with E-state index in [9.17, 15) is 4.79 Å². The van der Waals surface area contributed by atoms with Gasteiger partial charge in [-0.25, -0.2) is 4.68 Å². The maximum atomic E-state index is 12.3. The number of aryl methyl sites for hydroxylation is 2. The van der Waals surface area contributed by atoms with Crippen molar-refractivity contribution in [2.75, 3.05) is 5.32 Å². The zero-order valence-electron chi connectivity index (χ0n) is 16.0. The second-order valence-corrected chi connectivity index (χ2v) is 8.27. The quantitative estimate of drug-likeness (QED) is 0.481. The van der Waals surface area contributed by atoms with E-state index in [1.165, 1.54) is 28.7 Å². The molecule has 0 spiro atoms. The molecule has 0 radical (unpaired) electrons. The van der Waals surface area contributed by atoms with Gasteiger partial charge in [0.15, 0.2) is 6.61 Å². The van der Waals surface area contributed by atoms with Crippen molar-refractivity contribution in [2.45, 2.75) is 38.8 Å². The second-order valence-electron chi connectivity index (χ2n) is 7.05. The maximum absolute atomic E-state index is 12.3. The molecular formula is C21H19Cl2N3O3S. The largest absolute Gasteiger partial charge is 0.484 e. The SMILES string of the molecule is O=C(Cn1nc(COc2ccc3c(c2)CCCC3)oc1=S)Nc1cc(Cl)cc(Cl)c1. The van der Waals surface area contributed by atoms with Gasteiger partial charge in [-0.3, -0.25) is 4.79 Å². The zero-order chi connectivity index (χ0) is 21.1. The third-order valence-electron chi connectivity index (χ3n) is 4.77. The van der Waals surface area contributed by atoms with Crippen LogP contribution in [-0.4, -0.2) is 15.7 Å². The van der Waals surface area contributed by atoms with Crippen LogP contribution in [0.3, 0.4) is 0 Å². The first-order chi connectivity index (χ1) is 14.5. The van der Waals surface area contributed by atoms with Crippen LogP contribution in [-0.2, 0) is 30.8 Å². The molecule has 1 amide bonds. The normalized spacial score (nSPS) is 13.0. The van der Waals surface area contributed by atoms with Crippen LogP contribution in [0.5, 0.6) is 5.75 Å². The van der Waals surface area contributed by atoms with Gasteiger partial charge in [-0.2, -0.15) is 0 Å². The Morgan fingerprint density at radius 3 is 2.63 bits per heavy atom. The van der Waals surface area contributed by atoms with Gasteiger partial charge in [-0.1, -0.05) is 29.3 Å². The van der Waals surface area contributed by atoms with Crippen molar-refractivity contribution in [3.05, 3.63) is 68.3 Å². The molecule has 1 aromatic heterocycles. The molecule has 0 bridgehead atoms. The Hall–Kier alpha value is -2.35. The number of hydrogen-bond acceptors (Lipinski definition) is 5. The lowest BCUT2D eigenvalue weighted by Gasteiger charge is -2.16. The monoisotopic (exact) mass is 463 g/mol. The molecule has 9 heteroatoms. The molecule has 156 valence electrons. The van der Waals surface area contributed by atoms with E-state index in [0.717, 1.165) is 18.6 Å². The van der Waals surface area contributed by atoms with Gasteiger partial charge in [0, 0.05) is 15.7 Å². The Labute approximate surface area is 188 Å². The molecule has 1 N–H and O–H groups in total. The molecule has 0 aliphatic heterocycles. The van der Waals surface area contributed by atoms with E-state index in [4.69, 9.17) is 44.6 Å². The summed E-state index contributed by atoms with van der Waals surface area (Å²) in [5.74, 6) is 0.734. The summed E-state index contributed by atoms with van der Waals surface area (Å²) in [6.07, 6.45) is 4.65. The summed E-state index contributed by atoms with van der Waals surface area (Å²) in [6, 6.07) is 10.9. The van der Waals surface area contributed by atoms with Crippen LogP contribution in [0.15, 0.2) is 40.8 Å². The fourth-order valence-corrected chi connectivity index (χ4v) is 4.14. The van der Waals surface area contributed by atoms with Crippen LogP contribution in [0.1, 0.15) is 29.9 Å². The number of amides is 1. The smallest absolute Gasteiger partial charge is 0.287 e. The topological polar surface area (TPSA) is 69.3 Å². The van der Waals surface area contributed by atoms with E-state index < -0.39 is 0 Å². The van der Waals surface area contributed by atoms with E-state index >= 15 is 0 Å². The molecule has 1 aliphatic carbocycles. The van der Waals surface area contributed by atoms with Crippen molar-refractivity contribution in [2.24, 2.45) is 0 Å². The average molecular weight is 464 g/mol. The van der Waals surface area contributed by atoms with Crippen LogP contribution in [0.4, 0.5) is 5.69 Å². The number of carbonyl (C=O) groups is 1.